The van der Waals surface area contributed by atoms with Crippen molar-refractivity contribution in [2.45, 2.75) is 159 Å². The highest BCUT2D eigenvalue weighted by Gasteiger charge is 2.68. The van der Waals surface area contributed by atoms with E-state index in [9.17, 15) is 26.3 Å². The van der Waals surface area contributed by atoms with Gasteiger partial charge in [-0.1, -0.05) is 109 Å². The van der Waals surface area contributed by atoms with E-state index in [1.165, 1.54) is 64.2 Å². The Morgan fingerprint density at radius 3 is 1.35 bits per heavy atom. The molecule has 1 atom stereocenters. The van der Waals surface area contributed by atoms with Gasteiger partial charge in [0.05, 0.1) is 0 Å². The molecule has 11 heteroatoms. The zero-order chi connectivity index (χ0) is 30.2. The van der Waals surface area contributed by atoms with Crippen LogP contribution in [0, 0.1) is 0 Å². The smallest absolute Gasteiger partial charge is 0.373 e. The Kier molecular flexibility index (Phi) is 23.9. The fourth-order valence-corrected chi connectivity index (χ4v) is 6.95. The summed E-state index contributed by atoms with van der Waals surface area (Å²) in [7, 11) is -2.47. The molecule has 242 valence electrons. The second-order valence-electron chi connectivity index (χ2n) is 10.9. The van der Waals surface area contributed by atoms with Crippen LogP contribution in [0.1, 0.15) is 141 Å². The molecular formula is C29H57F6NO3Si. The third-order valence-corrected chi connectivity index (χ3v) is 10.2. The Morgan fingerprint density at radius 2 is 0.950 bits per heavy atom. The molecule has 0 aromatic carbocycles. The van der Waals surface area contributed by atoms with E-state index in [2.05, 4.69) is 0 Å². The Labute approximate surface area is 240 Å². The molecular weight excluding hydrogens is 552 g/mol. The van der Waals surface area contributed by atoms with E-state index < -0.39 is 39.5 Å². The summed E-state index contributed by atoms with van der Waals surface area (Å²) in [6, 6.07) is 0. The Bertz CT molecular complexity index is 568. The molecule has 0 aromatic rings. The molecule has 0 amide bonds. The Balaban J connectivity index is 3.99. The lowest BCUT2D eigenvalue weighted by Crippen LogP contribution is -2.64. The van der Waals surface area contributed by atoms with Crippen LogP contribution >= 0.6 is 0 Å². The van der Waals surface area contributed by atoms with E-state index >= 15 is 0 Å². The average molecular weight is 610 g/mol. The van der Waals surface area contributed by atoms with Crippen LogP contribution in [0.3, 0.4) is 0 Å². The molecule has 0 aliphatic rings. The van der Waals surface area contributed by atoms with Crippen LogP contribution in [-0.2, 0) is 13.3 Å². The average Bonchev–Trinajstić information content (AvgIpc) is 2.91. The van der Waals surface area contributed by atoms with Crippen molar-refractivity contribution in [2.24, 2.45) is 5.73 Å². The number of unbranched alkanes of at least 4 members (excludes halogenated alkanes) is 18. The van der Waals surface area contributed by atoms with Gasteiger partial charge in [0, 0.05) is 27.2 Å². The van der Waals surface area contributed by atoms with Crippen molar-refractivity contribution in [3.63, 3.8) is 0 Å². The monoisotopic (exact) mass is 609 g/mol. The zero-order valence-electron chi connectivity index (χ0n) is 25.1. The number of rotatable bonds is 29. The van der Waals surface area contributed by atoms with Crippen molar-refractivity contribution >= 4 is 8.80 Å². The third-order valence-electron chi connectivity index (χ3n) is 7.40. The van der Waals surface area contributed by atoms with E-state index in [-0.39, 0.29) is 19.4 Å². The Morgan fingerprint density at radius 1 is 0.575 bits per heavy atom. The van der Waals surface area contributed by atoms with Gasteiger partial charge in [-0.05, 0) is 32.2 Å². The minimum Gasteiger partial charge on any atom is -0.373 e. The first-order valence-corrected chi connectivity index (χ1v) is 17.3. The van der Waals surface area contributed by atoms with Crippen LogP contribution in [0.25, 0.3) is 0 Å². The zero-order valence-corrected chi connectivity index (χ0v) is 26.1. The number of nitrogens with two attached hydrogens (primary N) is 1. The van der Waals surface area contributed by atoms with Gasteiger partial charge in [-0.15, -0.1) is 0 Å². The molecule has 0 saturated heterocycles. The summed E-state index contributed by atoms with van der Waals surface area (Å²) in [5.74, 6) is 0. The van der Waals surface area contributed by atoms with Crippen molar-refractivity contribution in [2.75, 3.05) is 27.4 Å². The van der Waals surface area contributed by atoms with E-state index in [1.807, 2.05) is 0 Å². The van der Waals surface area contributed by atoms with Crippen LogP contribution in [-0.4, -0.2) is 54.1 Å². The van der Waals surface area contributed by atoms with E-state index in [0.717, 1.165) is 46.4 Å². The number of alkyl halides is 6. The summed E-state index contributed by atoms with van der Waals surface area (Å²) in [4.78, 5) is 0. The van der Waals surface area contributed by atoms with Crippen molar-refractivity contribution < 1.29 is 39.6 Å². The Hall–Kier alpha value is -0.363. The van der Waals surface area contributed by atoms with Crippen LogP contribution in [0.5, 0.6) is 0 Å². The summed E-state index contributed by atoms with van der Waals surface area (Å²) in [6.45, 7) is 0.811. The molecule has 0 spiro atoms. The summed E-state index contributed by atoms with van der Waals surface area (Å²) < 4.78 is 96.4. The van der Waals surface area contributed by atoms with Crippen molar-refractivity contribution in [3.8, 4) is 0 Å². The van der Waals surface area contributed by atoms with Gasteiger partial charge in [0.25, 0.3) is 0 Å². The topological polar surface area (TPSA) is 53.7 Å². The SMILES string of the molecule is CO[Si](OC)(OCCCCCCCCCCCCCCCCCN)C(F)(F)C(F)CCCCCCCC(F)(F)F. The predicted molar refractivity (Wildman–Crippen MR) is 152 cm³/mol. The second kappa shape index (κ2) is 24.1. The maximum absolute atomic E-state index is 15.0. The molecule has 0 fully saturated rings. The molecule has 2 N–H and O–H groups in total. The van der Waals surface area contributed by atoms with Crippen molar-refractivity contribution in [1.29, 1.82) is 0 Å². The van der Waals surface area contributed by atoms with Gasteiger partial charge in [-0.25, -0.2) is 4.39 Å². The lowest BCUT2D eigenvalue weighted by atomic mass is 10.0. The lowest BCUT2D eigenvalue weighted by molar-refractivity contribution is -0.135. The highest BCUT2D eigenvalue weighted by atomic mass is 28.4. The molecule has 0 rings (SSSR count). The van der Waals surface area contributed by atoms with Crippen molar-refractivity contribution in [1.82, 2.24) is 0 Å². The summed E-state index contributed by atoms with van der Waals surface area (Å²) in [6.07, 6.45) is 10.7. The van der Waals surface area contributed by atoms with E-state index in [4.69, 9.17) is 19.0 Å². The fraction of sp³-hybridized carbons (Fsp3) is 1.00. The van der Waals surface area contributed by atoms with E-state index in [0.29, 0.717) is 25.7 Å². The van der Waals surface area contributed by atoms with Crippen LogP contribution in [0.4, 0.5) is 26.3 Å². The number of hydrogen-bond donors (Lipinski definition) is 1. The van der Waals surface area contributed by atoms with Crippen LogP contribution in [0.15, 0.2) is 0 Å². The van der Waals surface area contributed by atoms with Gasteiger partial charge >= 0.3 is 20.5 Å². The maximum atomic E-state index is 15.0. The molecule has 0 radical (unpaired) electrons. The van der Waals surface area contributed by atoms with Crippen LogP contribution < -0.4 is 5.73 Å². The number of halogens is 6. The number of hydrogen-bond acceptors (Lipinski definition) is 4. The summed E-state index contributed by atoms with van der Waals surface area (Å²) in [5.41, 5.74) is 1.60. The van der Waals surface area contributed by atoms with Gasteiger partial charge in [-0.2, -0.15) is 22.0 Å². The largest absolute Gasteiger partial charge is 0.577 e. The quantitative estimate of drug-likeness (QED) is 0.0521. The van der Waals surface area contributed by atoms with Gasteiger partial charge in [-0.3, -0.25) is 0 Å². The first kappa shape index (κ1) is 39.6. The molecule has 1 unspecified atom stereocenters. The van der Waals surface area contributed by atoms with E-state index in [1.54, 1.807) is 0 Å². The van der Waals surface area contributed by atoms with Crippen molar-refractivity contribution in [3.05, 3.63) is 0 Å². The maximum Gasteiger partial charge on any atom is 0.577 e. The van der Waals surface area contributed by atoms with Crippen LogP contribution in [0.2, 0.25) is 0 Å². The molecule has 0 heterocycles. The van der Waals surface area contributed by atoms with Gasteiger partial charge in [0.15, 0.2) is 6.17 Å². The standard InChI is InChI=1S/C29H57F6NO3Si/c1-37-40(38-2,29(34,35)27(30)23-19-15-14-16-20-24-28(31,32)33)39-26-22-18-13-11-9-7-5-3-4-6-8-10-12-17-21-25-36/h27H,3-26,36H2,1-2H3. The lowest BCUT2D eigenvalue weighted by Gasteiger charge is -2.34. The molecule has 0 aliphatic carbocycles. The highest BCUT2D eigenvalue weighted by molar-refractivity contribution is 6.63. The van der Waals surface area contributed by atoms with Gasteiger partial charge in [0.2, 0.25) is 0 Å². The molecule has 0 bridgehead atoms. The van der Waals surface area contributed by atoms with Gasteiger partial charge in [0.1, 0.15) is 0 Å². The molecule has 0 aromatic heterocycles. The second-order valence-corrected chi connectivity index (χ2v) is 13.8. The highest BCUT2D eigenvalue weighted by Crippen LogP contribution is 2.37. The molecule has 0 saturated carbocycles. The predicted octanol–water partition coefficient (Wildman–Crippen LogP) is 9.85. The minimum atomic E-state index is -4.58. The summed E-state index contributed by atoms with van der Waals surface area (Å²) >= 11 is 0. The summed E-state index contributed by atoms with van der Waals surface area (Å²) in [5, 5.41) is 0. The molecule has 0 aliphatic heterocycles. The normalized spacial score (nSPS) is 13.7. The fourth-order valence-electron chi connectivity index (χ4n) is 4.87. The molecule has 4 nitrogen and oxygen atoms in total. The van der Waals surface area contributed by atoms with Gasteiger partial charge < -0.3 is 19.0 Å². The minimum absolute atomic E-state index is 0.00723. The first-order valence-electron chi connectivity index (χ1n) is 15.6. The first-order chi connectivity index (χ1) is 19.1. The third kappa shape index (κ3) is 18.9. The molecule has 40 heavy (non-hydrogen) atoms.